The fourth-order valence-electron chi connectivity index (χ4n) is 0.759. The van der Waals surface area contributed by atoms with Crippen molar-refractivity contribution in [3.05, 3.63) is 0 Å². The van der Waals surface area contributed by atoms with Crippen molar-refractivity contribution in [2.75, 3.05) is 13.3 Å². The second-order valence-electron chi connectivity index (χ2n) is 2.54. The van der Waals surface area contributed by atoms with E-state index in [-0.39, 0.29) is 6.73 Å². The molecule has 0 aromatic heterocycles. The molecule has 1 radical (unpaired) electrons. The van der Waals surface area contributed by atoms with Crippen LogP contribution < -0.4 is 0 Å². The predicted octanol–water partition coefficient (Wildman–Crippen LogP) is 1.49. The van der Waals surface area contributed by atoms with Gasteiger partial charge in [0.1, 0.15) is 6.73 Å². The summed E-state index contributed by atoms with van der Waals surface area (Å²) in [5, 5.41) is 10.4. The average Bonchev–Trinajstić information content (AvgIpc) is 1.82. The summed E-state index contributed by atoms with van der Waals surface area (Å²) in [5.74, 6) is 0. The average molecular weight is 130 g/mol. The zero-order valence-electron chi connectivity index (χ0n) is 6.55. The van der Waals surface area contributed by atoms with Gasteiger partial charge in [-0.2, -0.15) is 0 Å². The molecule has 2 heteroatoms. The Balaban J connectivity index is 3.41. The first kappa shape index (κ1) is 8.92. The molecule has 0 bridgehead atoms. The van der Waals surface area contributed by atoms with Crippen LogP contribution in [0.3, 0.4) is 0 Å². The molecule has 0 saturated carbocycles. The highest BCUT2D eigenvalue weighted by Gasteiger charge is 2.05. The fourth-order valence-corrected chi connectivity index (χ4v) is 0.759. The molecule has 0 atom stereocenters. The minimum absolute atomic E-state index is 0.0640. The molecule has 55 valence electrons. The predicted molar refractivity (Wildman–Crippen MR) is 37.7 cm³/mol. The van der Waals surface area contributed by atoms with E-state index in [0.29, 0.717) is 6.04 Å². The van der Waals surface area contributed by atoms with Gasteiger partial charge in [0.25, 0.3) is 0 Å². The molecule has 0 amide bonds. The molecule has 2 nitrogen and oxygen atoms in total. The van der Waals surface area contributed by atoms with Gasteiger partial charge in [0, 0.05) is 12.6 Å². The van der Waals surface area contributed by atoms with E-state index in [0.717, 1.165) is 13.0 Å². The van der Waals surface area contributed by atoms with Crippen LogP contribution in [-0.4, -0.2) is 24.2 Å². The van der Waals surface area contributed by atoms with E-state index in [1.54, 1.807) is 0 Å². The van der Waals surface area contributed by atoms with Crippen molar-refractivity contribution in [1.82, 2.24) is 4.90 Å². The topological polar surface area (TPSA) is 23.1 Å². The molecular formula is C7H16NO. The van der Waals surface area contributed by atoms with Crippen LogP contribution in [0.15, 0.2) is 0 Å². The van der Waals surface area contributed by atoms with Crippen LogP contribution in [0.1, 0.15) is 27.2 Å². The van der Waals surface area contributed by atoms with Crippen molar-refractivity contribution >= 4 is 0 Å². The summed E-state index contributed by atoms with van der Waals surface area (Å²) in [6.07, 6.45) is 1.07. The molecule has 0 saturated heterocycles. The van der Waals surface area contributed by atoms with Crippen molar-refractivity contribution in [3.63, 3.8) is 0 Å². The molecule has 0 spiro atoms. The van der Waals surface area contributed by atoms with Crippen LogP contribution in [0.4, 0.5) is 0 Å². The highest BCUT2D eigenvalue weighted by molar-refractivity contribution is 4.55. The second-order valence-corrected chi connectivity index (χ2v) is 2.54. The summed E-state index contributed by atoms with van der Waals surface area (Å²) in [7, 11) is 0. The van der Waals surface area contributed by atoms with E-state index in [1.165, 1.54) is 0 Å². The van der Waals surface area contributed by atoms with E-state index in [2.05, 4.69) is 6.92 Å². The van der Waals surface area contributed by atoms with Crippen molar-refractivity contribution in [2.24, 2.45) is 0 Å². The second kappa shape index (κ2) is 4.77. The Labute approximate surface area is 57.5 Å². The summed E-state index contributed by atoms with van der Waals surface area (Å²) in [6.45, 7) is 7.05. The molecule has 0 aromatic rings. The lowest BCUT2D eigenvalue weighted by atomic mass is 10.3. The SMILES string of the molecule is CCCN(C[O])C(C)C. The maximum atomic E-state index is 10.4. The summed E-state index contributed by atoms with van der Waals surface area (Å²) >= 11 is 0. The van der Waals surface area contributed by atoms with E-state index >= 15 is 0 Å². The third-order valence-electron chi connectivity index (χ3n) is 1.41. The molecule has 0 aliphatic rings. The first-order valence-electron chi connectivity index (χ1n) is 3.54. The van der Waals surface area contributed by atoms with Crippen LogP contribution >= 0.6 is 0 Å². The number of rotatable bonds is 4. The summed E-state index contributed by atoms with van der Waals surface area (Å²) in [4.78, 5) is 1.92. The quantitative estimate of drug-likeness (QED) is 0.529. The number of hydrogen-bond acceptors (Lipinski definition) is 1. The summed E-state index contributed by atoms with van der Waals surface area (Å²) < 4.78 is 0. The van der Waals surface area contributed by atoms with Gasteiger partial charge in [0.2, 0.25) is 0 Å². The Bertz CT molecular complexity index is 63.9. The monoisotopic (exact) mass is 130 g/mol. The van der Waals surface area contributed by atoms with Gasteiger partial charge in [-0.1, -0.05) is 6.92 Å². The minimum Gasteiger partial charge on any atom is -0.276 e. The Kier molecular flexibility index (Phi) is 4.72. The highest BCUT2D eigenvalue weighted by atomic mass is 16.3. The van der Waals surface area contributed by atoms with Gasteiger partial charge in [0.05, 0.1) is 0 Å². The molecule has 0 aliphatic carbocycles. The number of hydrogen-bond donors (Lipinski definition) is 0. The van der Waals surface area contributed by atoms with Crippen LogP contribution in [0.2, 0.25) is 0 Å². The molecule has 0 fully saturated rings. The molecule has 0 aliphatic heterocycles. The molecule has 0 rings (SSSR count). The first-order chi connectivity index (χ1) is 4.22. The maximum Gasteiger partial charge on any atom is 0.135 e. The van der Waals surface area contributed by atoms with Crippen LogP contribution in [-0.2, 0) is 5.11 Å². The Morgan fingerprint density at radius 1 is 1.44 bits per heavy atom. The van der Waals surface area contributed by atoms with Gasteiger partial charge in [-0.25, -0.2) is 5.11 Å². The van der Waals surface area contributed by atoms with Gasteiger partial charge in [-0.05, 0) is 20.3 Å². The number of nitrogens with zero attached hydrogens (tertiary/aromatic N) is 1. The normalized spacial score (nSPS) is 11.3. The molecular weight excluding hydrogens is 114 g/mol. The molecule has 9 heavy (non-hydrogen) atoms. The third kappa shape index (κ3) is 3.49. The molecule has 0 unspecified atom stereocenters. The van der Waals surface area contributed by atoms with Crippen molar-refractivity contribution < 1.29 is 5.11 Å². The summed E-state index contributed by atoms with van der Waals surface area (Å²) in [6, 6.07) is 0.405. The lowest BCUT2D eigenvalue weighted by Gasteiger charge is -2.21. The van der Waals surface area contributed by atoms with E-state index in [1.807, 2.05) is 18.7 Å². The Morgan fingerprint density at radius 2 is 2.00 bits per heavy atom. The van der Waals surface area contributed by atoms with Gasteiger partial charge < -0.3 is 0 Å². The van der Waals surface area contributed by atoms with E-state index < -0.39 is 0 Å². The molecule has 0 heterocycles. The smallest absolute Gasteiger partial charge is 0.135 e. The summed E-state index contributed by atoms with van der Waals surface area (Å²) in [5.41, 5.74) is 0. The van der Waals surface area contributed by atoms with Gasteiger partial charge >= 0.3 is 0 Å². The molecule has 0 aromatic carbocycles. The maximum absolute atomic E-state index is 10.4. The zero-order valence-corrected chi connectivity index (χ0v) is 6.55. The third-order valence-corrected chi connectivity index (χ3v) is 1.41. The zero-order chi connectivity index (χ0) is 7.28. The van der Waals surface area contributed by atoms with Crippen molar-refractivity contribution in [2.45, 2.75) is 33.2 Å². The van der Waals surface area contributed by atoms with E-state index in [9.17, 15) is 5.11 Å². The fraction of sp³-hybridized carbons (Fsp3) is 1.00. The van der Waals surface area contributed by atoms with Gasteiger partial charge in [-0.15, -0.1) is 0 Å². The van der Waals surface area contributed by atoms with Crippen LogP contribution in [0.25, 0.3) is 0 Å². The standard InChI is InChI=1S/C7H16NO/c1-4-5-8(6-9)7(2)3/h7H,4-6H2,1-3H3. The minimum atomic E-state index is -0.0640. The Morgan fingerprint density at radius 3 is 2.11 bits per heavy atom. The first-order valence-corrected chi connectivity index (χ1v) is 3.54. The van der Waals surface area contributed by atoms with Gasteiger partial charge in [-0.3, -0.25) is 4.90 Å². The van der Waals surface area contributed by atoms with Crippen LogP contribution in [0, 0.1) is 0 Å². The van der Waals surface area contributed by atoms with Crippen molar-refractivity contribution in [1.29, 1.82) is 0 Å². The lowest BCUT2D eigenvalue weighted by Crippen LogP contribution is -2.31. The largest absolute Gasteiger partial charge is 0.276 e. The van der Waals surface area contributed by atoms with Crippen molar-refractivity contribution in [3.8, 4) is 0 Å². The van der Waals surface area contributed by atoms with E-state index in [4.69, 9.17) is 0 Å². The van der Waals surface area contributed by atoms with Gasteiger partial charge in [0.15, 0.2) is 0 Å². The highest BCUT2D eigenvalue weighted by Crippen LogP contribution is 1.96. The Hall–Kier alpha value is -0.0800. The molecule has 0 N–H and O–H groups in total. The van der Waals surface area contributed by atoms with Crippen LogP contribution in [0.5, 0.6) is 0 Å². The lowest BCUT2D eigenvalue weighted by molar-refractivity contribution is 0.0310.